The molecule has 0 N–H and O–H groups in total. The minimum Gasteiger partial charge on any atom is -1.00 e. The lowest BCUT2D eigenvalue weighted by Crippen LogP contribution is -3.00. The van der Waals surface area contributed by atoms with Gasteiger partial charge in [-0.25, -0.2) is 0 Å². The molecule has 2 unspecified atom stereocenters. The molecule has 5 rings (SSSR count). The molecule has 0 amide bonds. The van der Waals surface area contributed by atoms with Crippen LogP contribution >= 0.6 is 15.9 Å². The maximum Gasteiger partial charge on any atom is 0.135 e. The monoisotopic (exact) mass is 414 g/mol. The van der Waals surface area contributed by atoms with E-state index in [1.807, 2.05) is 0 Å². The van der Waals surface area contributed by atoms with E-state index in [-0.39, 0.29) is 17.0 Å². The lowest BCUT2D eigenvalue weighted by molar-refractivity contribution is -0.981. The molecular weight excluding hydrogens is 392 g/mol. The maximum absolute atomic E-state index is 3.54. The second kappa shape index (κ2) is 5.05. The molecule has 0 radical (unpaired) electrons. The number of hydrogen-bond acceptors (Lipinski definition) is 1. The predicted octanol–water partition coefficient (Wildman–Crippen LogP) is 0.473. The molecule has 4 aliphatic rings. The highest BCUT2D eigenvalue weighted by Gasteiger charge is 2.60. The van der Waals surface area contributed by atoms with Crippen LogP contribution in [0.25, 0.3) is 0 Å². The van der Waals surface area contributed by atoms with Crippen molar-refractivity contribution in [1.29, 1.82) is 0 Å². The van der Waals surface area contributed by atoms with Gasteiger partial charge in [-0.1, -0.05) is 41.9 Å². The Kier molecular flexibility index (Phi) is 3.84. The third-order valence-corrected chi connectivity index (χ3v) is 5.96. The highest BCUT2D eigenvalue weighted by molar-refractivity contribution is 9.10. The number of hydrogen-bond donors (Lipinski definition) is 0. The molecule has 21 heavy (non-hydrogen) atoms. The molecule has 0 saturated carbocycles. The minimum atomic E-state index is 0. The summed E-state index contributed by atoms with van der Waals surface area (Å²) in [5, 5.41) is 0. The first-order valence-electron chi connectivity index (χ1n) is 7.70. The zero-order chi connectivity index (χ0) is 14.0. The van der Waals surface area contributed by atoms with Crippen LogP contribution in [0, 0.1) is 10.8 Å². The van der Waals surface area contributed by atoms with Gasteiger partial charge in [-0.3, -0.25) is 4.90 Å². The van der Waals surface area contributed by atoms with Gasteiger partial charge in [-0.2, -0.15) is 0 Å². The topological polar surface area (TPSA) is 3.24 Å². The quantitative estimate of drug-likeness (QED) is 0.635. The number of benzene rings is 1. The van der Waals surface area contributed by atoms with Crippen LogP contribution in [0.1, 0.15) is 25.8 Å². The van der Waals surface area contributed by atoms with Gasteiger partial charge in [0.1, 0.15) is 13.2 Å². The van der Waals surface area contributed by atoms with E-state index < -0.39 is 0 Å². The van der Waals surface area contributed by atoms with Crippen LogP contribution in [0.4, 0.5) is 0 Å². The summed E-state index contributed by atoms with van der Waals surface area (Å²) >= 11 is 3.54. The summed E-state index contributed by atoms with van der Waals surface area (Å²) < 4.78 is 2.47. The fraction of sp³-hybridized carbons (Fsp3) is 0.647. The van der Waals surface area contributed by atoms with Crippen LogP contribution in [0.3, 0.4) is 0 Å². The fourth-order valence-electron chi connectivity index (χ4n) is 5.93. The Hall–Kier alpha value is 0.1000. The van der Waals surface area contributed by atoms with Gasteiger partial charge < -0.3 is 21.5 Å². The number of quaternary nitrogens is 1. The molecule has 4 saturated heterocycles. The molecule has 2 atom stereocenters. The van der Waals surface area contributed by atoms with Gasteiger partial charge in [0.25, 0.3) is 0 Å². The van der Waals surface area contributed by atoms with E-state index in [0.717, 1.165) is 0 Å². The standard InChI is InChI=1S/C17H24BrN2.BrH/c1-16-8-17(2)10-19(9-16)13-20(11-16,12-17)7-14-3-5-15(18)6-4-14;/h3-6H,7-13H2,1-2H3;1H/q+1;/p-1. The second-order valence-corrected chi connectivity index (χ2v) is 9.28. The van der Waals surface area contributed by atoms with Crippen LogP contribution in [0.15, 0.2) is 28.7 Å². The highest BCUT2D eigenvalue weighted by atomic mass is 79.9. The lowest BCUT2D eigenvalue weighted by atomic mass is 9.63. The van der Waals surface area contributed by atoms with Crippen molar-refractivity contribution in [2.24, 2.45) is 10.8 Å². The van der Waals surface area contributed by atoms with Gasteiger partial charge in [0.2, 0.25) is 0 Å². The zero-order valence-electron chi connectivity index (χ0n) is 12.9. The Balaban J connectivity index is 0.00000132. The molecule has 4 heteroatoms. The lowest BCUT2D eigenvalue weighted by Gasteiger charge is -2.66. The molecule has 4 heterocycles. The Morgan fingerprint density at radius 1 is 1.10 bits per heavy atom. The Morgan fingerprint density at radius 2 is 1.67 bits per heavy atom. The molecule has 0 spiro atoms. The largest absolute Gasteiger partial charge is 1.00 e. The van der Waals surface area contributed by atoms with E-state index >= 15 is 0 Å². The van der Waals surface area contributed by atoms with E-state index in [1.165, 1.54) is 60.3 Å². The number of piperidine rings is 2. The van der Waals surface area contributed by atoms with E-state index in [2.05, 4.69) is 58.9 Å². The van der Waals surface area contributed by atoms with Gasteiger partial charge in [0, 0.05) is 34.0 Å². The molecule has 0 aliphatic carbocycles. The first-order chi connectivity index (χ1) is 9.38. The van der Waals surface area contributed by atoms with E-state index in [0.29, 0.717) is 10.8 Å². The maximum atomic E-state index is 3.54. The molecular formula is C17H24Br2N2. The molecule has 4 bridgehead atoms. The molecule has 0 aromatic heterocycles. The van der Waals surface area contributed by atoms with Crippen LogP contribution < -0.4 is 17.0 Å². The van der Waals surface area contributed by atoms with Gasteiger partial charge >= 0.3 is 0 Å². The average Bonchev–Trinajstić information content (AvgIpc) is 2.27. The van der Waals surface area contributed by atoms with Gasteiger partial charge in [0.15, 0.2) is 0 Å². The summed E-state index contributed by atoms with van der Waals surface area (Å²) in [6.45, 7) is 12.9. The second-order valence-electron chi connectivity index (χ2n) is 8.37. The smallest absolute Gasteiger partial charge is 0.135 e. The third-order valence-electron chi connectivity index (χ3n) is 5.43. The molecule has 116 valence electrons. The van der Waals surface area contributed by atoms with Gasteiger partial charge in [0.05, 0.1) is 13.1 Å². The van der Waals surface area contributed by atoms with E-state index in [4.69, 9.17) is 0 Å². The Labute approximate surface area is 147 Å². The van der Waals surface area contributed by atoms with Crippen molar-refractivity contribution in [2.75, 3.05) is 32.8 Å². The number of nitrogens with zero attached hydrogens (tertiary/aromatic N) is 2. The molecule has 2 nitrogen and oxygen atoms in total. The summed E-state index contributed by atoms with van der Waals surface area (Å²) in [4.78, 5) is 2.73. The third kappa shape index (κ3) is 2.85. The average molecular weight is 416 g/mol. The molecule has 4 fully saturated rings. The van der Waals surface area contributed by atoms with Crippen molar-refractivity contribution in [3.05, 3.63) is 34.3 Å². The fourth-order valence-corrected chi connectivity index (χ4v) is 6.19. The van der Waals surface area contributed by atoms with Crippen molar-refractivity contribution in [3.8, 4) is 0 Å². The van der Waals surface area contributed by atoms with Crippen molar-refractivity contribution in [3.63, 3.8) is 0 Å². The Bertz CT molecular complexity index is 524. The van der Waals surface area contributed by atoms with Crippen LogP contribution in [0.5, 0.6) is 0 Å². The summed E-state index contributed by atoms with van der Waals surface area (Å²) in [6.07, 6.45) is 1.43. The van der Waals surface area contributed by atoms with E-state index in [1.54, 1.807) is 0 Å². The predicted molar refractivity (Wildman–Crippen MR) is 85.1 cm³/mol. The van der Waals surface area contributed by atoms with Crippen molar-refractivity contribution < 1.29 is 21.5 Å². The van der Waals surface area contributed by atoms with Gasteiger partial charge in [-0.05, 0) is 18.6 Å². The summed E-state index contributed by atoms with van der Waals surface area (Å²) in [7, 11) is 0. The summed E-state index contributed by atoms with van der Waals surface area (Å²) in [5.41, 5.74) is 2.57. The van der Waals surface area contributed by atoms with Gasteiger partial charge in [-0.15, -0.1) is 0 Å². The molecule has 1 aromatic rings. The Morgan fingerprint density at radius 3 is 2.19 bits per heavy atom. The first-order valence-corrected chi connectivity index (χ1v) is 8.49. The summed E-state index contributed by atoms with van der Waals surface area (Å²) in [5.74, 6) is 0. The van der Waals surface area contributed by atoms with Crippen LogP contribution in [-0.4, -0.2) is 42.2 Å². The van der Waals surface area contributed by atoms with E-state index in [9.17, 15) is 0 Å². The van der Waals surface area contributed by atoms with Crippen molar-refractivity contribution in [1.82, 2.24) is 4.90 Å². The zero-order valence-corrected chi connectivity index (χ0v) is 16.1. The first kappa shape index (κ1) is 16.0. The number of halogens is 2. The SMILES string of the molecule is CC12CN3CC(C)(C1)C[N+](Cc1ccc(Br)cc1)(C3)C2.[Br-]. The summed E-state index contributed by atoms with van der Waals surface area (Å²) in [6, 6.07) is 8.95. The minimum absolute atomic E-state index is 0. The molecule has 1 aromatic carbocycles. The van der Waals surface area contributed by atoms with Crippen molar-refractivity contribution in [2.45, 2.75) is 26.8 Å². The molecule has 4 aliphatic heterocycles. The number of rotatable bonds is 2. The highest BCUT2D eigenvalue weighted by Crippen LogP contribution is 2.52. The van der Waals surface area contributed by atoms with Crippen LogP contribution in [0.2, 0.25) is 0 Å². The van der Waals surface area contributed by atoms with Crippen molar-refractivity contribution >= 4 is 15.9 Å². The van der Waals surface area contributed by atoms with Crippen LogP contribution in [-0.2, 0) is 6.54 Å². The normalized spacial score (nSPS) is 43.7.